The van der Waals surface area contributed by atoms with Crippen LogP contribution < -0.4 is 0 Å². The number of aromatic nitrogens is 2. The van der Waals surface area contributed by atoms with E-state index >= 15 is 0 Å². The molecular weight excluding hydrogens is 318 g/mol. The molecule has 0 aliphatic carbocycles. The summed E-state index contributed by atoms with van der Waals surface area (Å²) in [4.78, 5) is 26.1. The Morgan fingerprint density at radius 1 is 1.36 bits per heavy atom. The molecule has 1 aliphatic heterocycles. The second kappa shape index (κ2) is 7.09. The van der Waals surface area contributed by atoms with Crippen LogP contribution in [-0.2, 0) is 23.1 Å². The Hall–Kier alpha value is -2.63. The Labute approximate surface area is 147 Å². The summed E-state index contributed by atoms with van der Waals surface area (Å²) < 4.78 is 1.65. The Balaban J connectivity index is 1.88. The Morgan fingerprint density at radius 3 is 2.76 bits per heavy atom. The molecule has 1 amide bonds. The maximum Gasteiger partial charge on any atom is 0.308 e. The molecule has 2 heterocycles. The van der Waals surface area contributed by atoms with E-state index in [1.807, 2.05) is 25.1 Å². The molecule has 1 fully saturated rings. The molecule has 6 heteroatoms. The number of carbonyl (C=O) groups is 2. The largest absolute Gasteiger partial charge is 0.481 e. The quantitative estimate of drug-likeness (QED) is 0.906. The molecule has 1 aromatic carbocycles. The summed E-state index contributed by atoms with van der Waals surface area (Å²) in [6.45, 7) is 2.55. The topological polar surface area (TPSA) is 75.4 Å². The highest BCUT2D eigenvalue weighted by atomic mass is 16.4. The standard InChI is InChI=1S/C19H23N3O3/c1-13-5-3-4-6-14(13)9-10-22-17(23)8-7-16(19(24)25)18(22)15-11-20-21(2)12-15/h3-6,11-12,16,18H,7-10H2,1-2H3,(H,24,25)/t16-,18+/m0/s1. The summed E-state index contributed by atoms with van der Waals surface area (Å²) in [5, 5.41) is 13.8. The molecule has 3 rings (SSSR count). The van der Waals surface area contributed by atoms with Gasteiger partial charge in [0.2, 0.25) is 5.91 Å². The van der Waals surface area contributed by atoms with Crippen molar-refractivity contribution in [2.45, 2.75) is 32.2 Å². The van der Waals surface area contributed by atoms with Gasteiger partial charge in [0.05, 0.1) is 18.2 Å². The van der Waals surface area contributed by atoms with Crippen molar-refractivity contribution in [1.29, 1.82) is 0 Å². The summed E-state index contributed by atoms with van der Waals surface area (Å²) in [6.07, 6.45) is 4.83. The van der Waals surface area contributed by atoms with E-state index in [0.29, 0.717) is 19.4 Å². The molecule has 0 saturated carbocycles. The van der Waals surface area contributed by atoms with Gasteiger partial charge >= 0.3 is 5.97 Å². The van der Waals surface area contributed by atoms with Gasteiger partial charge in [-0.3, -0.25) is 14.3 Å². The highest BCUT2D eigenvalue weighted by Crippen LogP contribution is 2.36. The van der Waals surface area contributed by atoms with Crippen LogP contribution >= 0.6 is 0 Å². The molecule has 1 aromatic heterocycles. The van der Waals surface area contributed by atoms with E-state index in [-0.39, 0.29) is 12.3 Å². The number of carboxylic acid groups (broad SMARTS) is 1. The third kappa shape index (κ3) is 3.57. The molecule has 25 heavy (non-hydrogen) atoms. The summed E-state index contributed by atoms with van der Waals surface area (Å²) in [5.74, 6) is -1.44. The zero-order chi connectivity index (χ0) is 18.0. The second-order valence-electron chi connectivity index (χ2n) is 6.64. The number of amides is 1. The van der Waals surface area contributed by atoms with Crippen molar-refractivity contribution < 1.29 is 14.7 Å². The van der Waals surface area contributed by atoms with Crippen LogP contribution in [0, 0.1) is 12.8 Å². The number of piperidine rings is 1. The predicted molar refractivity (Wildman–Crippen MR) is 92.9 cm³/mol. The van der Waals surface area contributed by atoms with Crippen molar-refractivity contribution in [3.8, 4) is 0 Å². The van der Waals surface area contributed by atoms with Crippen LogP contribution in [0.1, 0.15) is 35.6 Å². The van der Waals surface area contributed by atoms with Crippen LogP contribution in [0.5, 0.6) is 0 Å². The van der Waals surface area contributed by atoms with Gasteiger partial charge in [0.25, 0.3) is 0 Å². The highest BCUT2D eigenvalue weighted by Gasteiger charge is 2.41. The molecular formula is C19H23N3O3. The van der Waals surface area contributed by atoms with Gasteiger partial charge in [-0.15, -0.1) is 0 Å². The number of benzene rings is 1. The zero-order valence-electron chi connectivity index (χ0n) is 14.6. The third-order valence-corrected chi connectivity index (χ3v) is 4.97. The van der Waals surface area contributed by atoms with E-state index in [9.17, 15) is 14.7 Å². The maximum atomic E-state index is 12.6. The van der Waals surface area contributed by atoms with Crippen LogP contribution in [0.15, 0.2) is 36.7 Å². The molecule has 0 bridgehead atoms. The Kier molecular flexibility index (Phi) is 4.88. The fourth-order valence-electron chi connectivity index (χ4n) is 3.61. The third-order valence-electron chi connectivity index (χ3n) is 4.97. The number of hydrogen-bond acceptors (Lipinski definition) is 3. The molecule has 1 saturated heterocycles. The molecule has 1 aliphatic rings. The molecule has 6 nitrogen and oxygen atoms in total. The monoisotopic (exact) mass is 341 g/mol. The average molecular weight is 341 g/mol. The first kappa shape index (κ1) is 17.2. The van der Waals surface area contributed by atoms with Crippen molar-refractivity contribution in [1.82, 2.24) is 14.7 Å². The second-order valence-corrected chi connectivity index (χ2v) is 6.64. The van der Waals surface area contributed by atoms with Gasteiger partial charge in [0, 0.05) is 31.8 Å². The van der Waals surface area contributed by atoms with Crippen LogP contribution in [0.4, 0.5) is 0 Å². The number of hydrogen-bond donors (Lipinski definition) is 1. The van der Waals surface area contributed by atoms with Gasteiger partial charge in [-0.05, 0) is 30.9 Å². The van der Waals surface area contributed by atoms with Crippen molar-refractivity contribution in [3.63, 3.8) is 0 Å². The highest BCUT2D eigenvalue weighted by molar-refractivity contribution is 5.81. The molecule has 1 N–H and O–H groups in total. The van der Waals surface area contributed by atoms with Gasteiger partial charge in [0.1, 0.15) is 0 Å². The lowest BCUT2D eigenvalue weighted by atomic mass is 9.85. The van der Waals surface area contributed by atoms with Crippen molar-refractivity contribution in [2.75, 3.05) is 6.54 Å². The van der Waals surface area contributed by atoms with Crippen LogP contribution in [0.2, 0.25) is 0 Å². The Morgan fingerprint density at radius 2 is 2.12 bits per heavy atom. The van der Waals surface area contributed by atoms with Gasteiger partial charge in [0.15, 0.2) is 0 Å². The average Bonchev–Trinajstić information content (AvgIpc) is 3.00. The summed E-state index contributed by atoms with van der Waals surface area (Å²) >= 11 is 0. The fourth-order valence-corrected chi connectivity index (χ4v) is 3.61. The number of likely N-dealkylation sites (tertiary alicyclic amines) is 1. The molecule has 0 radical (unpaired) electrons. The van der Waals surface area contributed by atoms with Crippen LogP contribution in [0.3, 0.4) is 0 Å². The van der Waals surface area contributed by atoms with Crippen molar-refractivity contribution in [3.05, 3.63) is 53.3 Å². The van der Waals surface area contributed by atoms with E-state index < -0.39 is 17.9 Å². The maximum absolute atomic E-state index is 12.6. The van der Waals surface area contributed by atoms with Gasteiger partial charge in [-0.1, -0.05) is 24.3 Å². The number of carbonyl (C=O) groups excluding carboxylic acids is 1. The van der Waals surface area contributed by atoms with Crippen molar-refractivity contribution >= 4 is 11.9 Å². The van der Waals surface area contributed by atoms with Gasteiger partial charge in [-0.25, -0.2) is 0 Å². The number of aryl methyl sites for hydroxylation is 2. The normalized spacial score (nSPS) is 20.7. The van der Waals surface area contributed by atoms with Crippen LogP contribution in [0.25, 0.3) is 0 Å². The van der Waals surface area contributed by atoms with E-state index in [2.05, 4.69) is 11.2 Å². The lowest BCUT2D eigenvalue weighted by Crippen LogP contribution is -2.46. The number of nitrogens with zero attached hydrogens (tertiary/aromatic N) is 3. The zero-order valence-corrected chi connectivity index (χ0v) is 14.6. The summed E-state index contributed by atoms with van der Waals surface area (Å²) in [6, 6.07) is 7.61. The predicted octanol–water partition coefficient (Wildman–Crippen LogP) is 2.34. The first-order valence-electron chi connectivity index (χ1n) is 8.52. The van der Waals surface area contributed by atoms with Crippen molar-refractivity contribution in [2.24, 2.45) is 13.0 Å². The number of rotatable bonds is 5. The molecule has 132 valence electrons. The molecule has 2 atom stereocenters. The van der Waals surface area contributed by atoms with E-state index in [1.165, 1.54) is 11.1 Å². The minimum Gasteiger partial charge on any atom is -0.481 e. The summed E-state index contributed by atoms with van der Waals surface area (Å²) in [5.41, 5.74) is 3.14. The lowest BCUT2D eigenvalue weighted by Gasteiger charge is -2.39. The van der Waals surface area contributed by atoms with Crippen LogP contribution in [-0.4, -0.2) is 38.2 Å². The Bertz CT molecular complexity index is 784. The minimum absolute atomic E-state index is 0.0138. The fraction of sp³-hybridized carbons (Fsp3) is 0.421. The van der Waals surface area contributed by atoms with E-state index in [1.54, 1.807) is 29.0 Å². The number of aliphatic carboxylic acids is 1. The smallest absolute Gasteiger partial charge is 0.308 e. The minimum atomic E-state index is -0.859. The first-order valence-corrected chi connectivity index (χ1v) is 8.52. The first-order chi connectivity index (χ1) is 12.0. The van der Waals surface area contributed by atoms with Gasteiger partial charge in [-0.2, -0.15) is 5.10 Å². The van der Waals surface area contributed by atoms with Gasteiger partial charge < -0.3 is 10.0 Å². The molecule has 2 aromatic rings. The van der Waals surface area contributed by atoms with E-state index in [4.69, 9.17) is 0 Å². The SMILES string of the molecule is Cc1ccccc1CCN1C(=O)CC[C@H](C(=O)O)[C@H]1c1cnn(C)c1. The van der Waals surface area contributed by atoms with E-state index in [0.717, 1.165) is 5.56 Å². The summed E-state index contributed by atoms with van der Waals surface area (Å²) in [7, 11) is 1.79. The molecule has 0 unspecified atom stereocenters. The molecule has 0 spiro atoms. The number of carboxylic acids is 1. The lowest BCUT2D eigenvalue weighted by molar-refractivity contribution is -0.152.